The average Bonchev–Trinajstić information content (AvgIpc) is 3.06. The first-order chi connectivity index (χ1) is 22.7. The molecule has 1 heterocycles. The van der Waals surface area contributed by atoms with Gasteiger partial charge >= 0.3 is 0 Å². The topological polar surface area (TPSA) is 55.4 Å². The smallest absolute Gasteiger partial charge is 0.126 e. The summed E-state index contributed by atoms with van der Waals surface area (Å²) in [6, 6.07) is 26.0. The van der Waals surface area contributed by atoms with E-state index in [-0.39, 0.29) is 0 Å². The summed E-state index contributed by atoms with van der Waals surface area (Å²) in [6.45, 7) is 8.47. The maximum Gasteiger partial charge on any atom is 0.126 e. The molecule has 0 spiro atoms. The predicted molar refractivity (Wildman–Crippen MR) is 181 cm³/mol. The van der Waals surface area contributed by atoms with Crippen LogP contribution in [-0.4, -0.2) is 52.9 Å². The number of rotatable bonds is 6. The first-order valence-electron chi connectivity index (χ1n) is 16.8. The summed E-state index contributed by atoms with van der Waals surface area (Å²) in [5.41, 5.74) is 9.10. The highest BCUT2D eigenvalue weighted by Gasteiger charge is 2.21. The van der Waals surface area contributed by atoms with Gasteiger partial charge in [0, 0.05) is 25.7 Å². The lowest BCUT2D eigenvalue weighted by Gasteiger charge is -2.22. The molecule has 4 aromatic carbocycles. The Labute approximate surface area is 273 Å². The molecule has 2 aliphatic rings. The van der Waals surface area contributed by atoms with Gasteiger partial charge in [0.15, 0.2) is 0 Å². The summed E-state index contributed by atoms with van der Waals surface area (Å²) in [5.74, 6) is 3.72. The normalized spacial score (nSPS) is 15.3. The van der Waals surface area contributed by atoms with Gasteiger partial charge in [0.1, 0.15) is 36.2 Å². The van der Waals surface area contributed by atoms with Gasteiger partial charge in [-0.15, -0.1) is 0 Å². The molecule has 0 N–H and O–H groups in total. The van der Waals surface area contributed by atoms with E-state index >= 15 is 0 Å². The van der Waals surface area contributed by atoms with Gasteiger partial charge in [0.05, 0.1) is 39.6 Å². The highest BCUT2D eigenvalue weighted by Crippen LogP contribution is 2.39. The first kappa shape index (κ1) is 32.0. The molecular formula is C40H46O6. The van der Waals surface area contributed by atoms with Crippen molar-refractivity contribution in [3.05, 3.63) is 117 Å². The number of benzene rings is 4. The van der Waals surface area contributed by atoms with Gasteiger partial charge in [-0.1, -0.05) is 86.6 Å². The van der Waals surface area contributed by atoms with Crippen molar-refractivity contribution in [3.63, 3.8) is 0 Å². The Balaban J connectivity index is 1.58. The van der Waals surface area contributed by atoms with Crippen LogP contribution in [0.2, 0.25) is 0 Å². The van der Waals surface area contributed by atoms with Crippen LogP contribution in [0, 0.1) is 0 Å². The van der Waals surface area contributed by atoms with Gasteiger partial charge in [0.25, 0.3) is 0 Å². The van der Waals surface area contributed by atoms with Crippen molar-refractivity contribution in [2.75, 3.05) is 52.9 Å². The average molecular weight is 623 g/mol. The second kappa shape index (κ2) is 16.0. The van der Waals surface area contributed by atoms with E-state index in [4.69, 9.17) is 28.4 Å². The lowest BCUT2D eigenvalue weighted by Crippen LogP contribution is -2.14. The lowest BCUT2D eigenvalue weighted by atomic mass is 9.91. The number of fused-ring (bicyclic) bond motifs is 2. The molecule has 0 atom stereocenters. The zero-order valence-corrected chi connectivity index (χ0v) is 27.3. The molecule has 46 heavy (non-hydrogen) atoms. The highest BCUT2D eigenvalue weighted by atomic mass is 16.6. The fourth-order valence-corrected chi connectivity index (χ4v) is 6.36. The van der Waals surface area contributed by atoms with Crippen LogP contribution in [0.25, 0.3) is 0 Å². The number of hydrogen-bond acceptors (Lipinski definition) is 6. The van der Waals surface area contributed by atoms with Gasteiger partial charge in [-0.25, -0.2) is 0 Å². The van der Waals surface area contributed by atoms with E-state index in [9.17, 15) is 0 Å². The van der Waals surface area contributed by atoms with Crippen LogP contribution in [0.15, 0.2) is 72.8 Å². The zero-order valence-electron chi connectivity index (χ0n) is 27.3. The van der Waals surface area contributed by atoms with Crippen LogP contribution in [0.1, 0.15) is 71.2 Å². The van der Waals surface area contributed by atoms with Crippen LogP contribution < -0.4 is 18.9 Å². The molecule has 6 nitrogen and oxygen atoms in total. The van der Waals surface area contributed by atoms with Crippen molar-refractivity contribution in [1.82, 2.24) is 0 Å². The summed E-state index contributed by atoms with van der Waals surface area (Å²) in [4.78, 5) is 0. The number of para-hydroxylation sites is 4. The predicted octanol–water partition coefficient (Wildman–Crippen LogP) is 7.75. The maximum absolute atomic E-state index is 6.60. The van der Waals surface area contributed by atoms with E-state index in [0.29, 0.717) is 78.5 Å². The largest absolute Gasteiger partial charge is 0.493 e. The fourth-order valence-electron chi connectivity index (χ4n) is 6.36. The first-order valence-corrected chi connectivity index (χ1v) is 16.8. The van der Waals surface area contributed by atoms with Crippen molar-refractivity contribution in [3.8, 4) is 23.0 Å². The summed E-state index contributed by atoms with van der Waals surface area (Å²) < 4.78 is 38.1. The van der Waals surface area contributed by atoms with Gasteiger partial charge < -0.3 is 28.4 Å². The molecular weight excluding hydrogens is 576 g/mol. The second-order valence-electron chi connectivity index (χ2n) is 11.9. The third-order valence-corrected chi connectivity index (χ3v) is 8.46. The SMILES string of the molecule is CCCOc1c2cccc1Cc1cccc3c1OCCOCCOCCOc1c(cccc1Cc1cccc(c1OCCC)C3)C2. The van der Waals surface area contributed by atoms with Gasteiger partial charge in [-0.2, -0.15) is 0 Å². The second-order valence-corrected chi connectivity index (χ2v) is 11.9. The maximum atomic E-state index is 6.60. The minimum absolute atomic E-state index is 0.447. The summed E-state index contributed by atoms with van der Waals surface area (Å²) >= 11 is 0. The van der Waals surface area contributed by atoms with Crippen LogP contribution in [0.4, 0.5) is 0 Å². The zero-order chi connectivity index (χ0) is 31.6. The molecule has 0 aromatic heterocycles. The van der Waals surface area contributed by atoms with E-state index < -0.39 is 0 Å². The van der Waals surface area contributed by atoms with Gasteiger partial charge in [0.2, 0.25) is 0 Å². The van der Waals surface area contributed by atoms with E-state index in [0.717, 1.165) is 80.3 Å². The lowest BCUT2D eigenvalue weighted by molar-refractivity contribution is 0.0271. The number of ether oxygens (including phenoxy) is 6. The Bertz CT molecular complexity index is 1390. The minimum Gasteiger partial charge on any atom is -0.493 e. The summed E-state index contributed by atoms with van der Waals surface area (Å²) in [5, 5.41) is 0. The van der Waals surface area contributed by atoms with E-state index in [2.05, 4.69) is 86.6 Å². The molecule has 0 unspecified atom stereocenters. The van der Waals surface area contributed by atoms with Crippen molar-refractivity contribution in [2.24, 2.45) is 0 Å². The fraction of sp³-hybridized carbons (Fsp3) is 0.400. The molecule has 10 bridgehead atoms. The van der Waals surface area contributed by atoms with Crippen LogP contribution >= 0.6 is 0 Å². The number of hydrogen-bond donors (Lipinski definition) is 0. The van der Waals surface area contributed by atoms with Gasteiger partial charge in [-0.05, 0) is 57.3 Å². The van der Waals surface area contributed by atoms with Crippen molar-refractivity contribution in [2.45, 2.75) is 52.4 Å². The quantitative estimate of drug-likeness (QED) is 0.193. The molecule has 6 rings (SSSR count). The summed E-state index contributed by atoms with van der Waals surface area (Å²) in [7, 11) is 0. The van der Waals surface area contributed by atoms with E-state index in [1.165, 1.54) is 0 Å². The Kier molecular flexibility index (Phi) is 11.1. The third kappa shape index (κ3) is 7.68. The van der Waals surface area contributed by atoms with Crippen LogP contribution in [0.3, 0.4) is 0 Å². The molecule has 0 saturated carbocycles. The Hall–Kier alpha value is -4.00. The highest BCUT2D eigenvalue weighted by molar-refractivity contribution is 5.56. The third-order valence-electron chi connectivity index (χ3n) is 8.46. The molecule has 0 fully saturated rings. The van der Waals surface area contributed by atoms with Crippen molar-refractivity contribution in [1.29, 1.82) is 0 Å². The van der Waals surface area contributed by atoms with Gasteiger partial charge in [-0.3, -0.25) is 0 Å². The molecule has 0 amide bonds. The summed E-state index contributed by atoms with van der Waals surface area (Å²) in [6.07, 6.45) is 4.62. The standard InChI is InChI=1S/C40H46O6/c1-3-17-43-37-29-9-5-10-30(37)26-34-14-8-16-36-28-32-12-6-11-31(38(32)44-18-4-2)27-35-15-7-13-33(25-29)39(35)45-23-21-41-19-20-42-22-24-46-40(34)36/h5-16H,3-4,17-28H2,1-2H3. The molecule has 242 valence electrons. The minimum atomic E-state index is 0.447. The molecule has 4 aromatic rings. The van der Waals surface area contributed by atoms with Crippen molar-refractivity contribution >= 4 is 0 Å². The monoisotopic (exact) mass is 622 g/mol. The Morgan fingerprint density at radius 1 is 0.435 bits per heavy atom. The van der Waals surface area contributed by atoms with E-state index in [1.807, 2.05) is 0 Å². The Morgan fingerprint density at radius 2 is 0.739 bits per heavy atom. The molecule has 6 heteroatoms. The molecule has 1 aliphatic heterocycles. The van der Waals surface area contributed by atoms with Crippen LogP contribution in [-0.2, 0) is 35.2 Å². The molecule has 0 saturated heterocycles. The molecule has 1 aliphatic carbocycles. The van der Waals surface area contributed by atoms with Crippen LogP contribution in [0.5, 0.6) is 23.0 Å². The van der Waals surface area contributed by atoms with E-state index in [1.54, 1.807) is 0 Å². The Morgan fingerprint density at radius 3 is 1.07 bits per heavy atom. The van der Waals surface area contributed by atoms with Crippen molar-refractivity contribution < 1.29 is 28.4 Å². The molecule has 0 radical (unpaired) electrons.